The number of nitrogens with two attached hydrogens (primary N) is 1. The van der Waals surface area contributed by atoms with Gasteiger partial charge >= 0.3 is 0 Å². The number of aryl methyl sites for hydroxylation is 1. The summed E-state index contributed by atoms with van der Waals surface area (Å²) >= 11 is 6.07. The van der Waals surface area contributed by atoms with Crippen molar-refractivity contribution in [1.82, 2.24) is 9.78 Å². The first-order chi connectivity index (χ1) is 7.70. The standard InChI is InChI=1S/C12H14ClN3/c1-9-3-2-4-10(7-9)16-8-11(13)12(15-16)5-6-14/h2-4,7-8H,5-6,14H2,1H3. The molecule has 2 rings (SSSR count). The van der Waals surface area contributed by atoms with Crippen molar-refractivity contribution in [3.63, 3.8) is 0 Å². The molecule has 84 valence electrons. The molecule has 0 aliphatic carbocycles. The highest BCUT2D eigenvalue weighted by atomic mass is 35.5. The van der Waals surface area contributed by atoms with Crippen LogP contribution in [0.4, 0.5) is 0 Å². The van der Waals surface area contributed by atoms with Crippen molar-refractivity contribution in [2.45, 2.75) is 13.3 Å². The van der Waals surface area contributed by atoms with E-state index in [9.17, 15) is 0 Å². The molecule has 0 aliphatic heterocycles. The molecular weight excluding hydrogens is 222 g/mol. The largest absolute Gasteiger partial charge is 0.330 e. The SMILES string of the molecule is Cc1cccc(-n2cc(Cl)c(CCN)n2)c1. The molecule has 16 heavy (non-hydrogen) atoms. The lowest BCUT2D eigenvalue weighted by atomic mass is 10.2. The number of rotatable bonds is 3. The molecule has 0 amide bonds. The Kier molecular flexibility index (Phi) is 3.27. The van der Waals surface area contributed by atoms with E-state index in [2.05, 4.69) is 24.2 Å². The Morgan fingerprint density at radius 1 is 1.44 bits per heavy atom. The van der Waals surface area contributed by atoms with Gasteiger partial charge in [0.15, 0.2) is 0 Å². The predicted molar refractivity (Wildman–Crippen MR) is 66.1 cm³/mol. The first-order valence-electron chi connectivity index (χ1n) is 5.22. The number of benzene rings is 1. The van der Waals surface area contributed by atoms with Crippen molar-refractivity contribution < 1.29 is 0 Å². The lowest BCUT2D eigenvalue weighted by Crippen LogP contribution is -2.04. The Morgan fingerprint density at radius 2 is 2.25 bits per heavy atom. The van der Waals surface area contributed by atoms with Crippen LogP contribution in [-0.4, -0.2) is 16.3 Å². The van der Waals surface area contributed by atoms with Crippen molar-refractivity contribution >= 4 is 11.6 Å². The minimum atomic E-state index is 0.560. The van der Waals surface area contributed by atoms with E-state index >= 15 is 0 Å². The van der Waals surface area contributed by atoms with Gasteiger partial charge in [0, 0.05) is 12.6 Å². The molecule has 0 saturated heterocycles. The third-order valence-electron chi connectivity index (χ3n) is 2.39. The van der Waals surface area contributed by atoms with Gasteiger partial charge in [-0.1, -0.05) is 23.7 Å². The van der Waals surface area contributed by atoms with Gasteiger partial charge in [-0.25, -0.2) is 4.68 Å². The minimum Gasteiger partial charge on any atom is -0.330 e. The molecule has 0 radical (unpaired) electrons. The number of aromatic nitrogens is 2. The third-order valence-corrected chi connectivity index (χ3v) is 2.70. The summed E-state index contributed by atoms with van der Waals surface area (Å²) in [4.78, 5) is 0. The molecule has 0 unspecified atom stereocenters. The van der Waals surface area contributed by atoms with Crippen LogP contribution in [0, 0.1) is 6.92 Å². The van der Waals surface area contributed by atoms with Gasteiger partial charge in [-0.3, -0.25) is 0 Å². The van der Waals surface area contributed by atoms with E-state index in [0.717, 1.165) is 11.4 Å². The Hall–Kier alpha value is -1.32. The van der Waals surface area contributed by atoms with Crippen LogP contribution < -0.4 is 5.73 Å². The van der Waals surface area contributed by atoms with Gasteiger partial charge in [0.1, 0.15) is 0 Å². The van der Waals surface area contributed by atoms with E-state index in [-0.39, 0.29) is 0 Å². The summed E-state index contributed by atoms with van der Waals surface area (Å²) in [7, 11) is 0. The van der Waals surface area contributed by atoms with Crippen LogP contribution in [0.3, 0.4) is 0 Å². The number of hydrogen-bond donors (Lipinski definition) is 1. The minimum absolute atomic E-state index is 0.560. The van der Waals surface area contributed by atoms with Gasteiger partial charge in [0.05, 0.1) is 16.4 Å². The van der Waals surface area contributed by atoms with Crippen molar-refractivity contribution in [2.24, 2.45) is 5.73 Å². The molecule has 3 nitrogen and oxygen atoms in total. The van der Waals surface area contributed by atoms with E-state index in [0.29, 0.717) is 18.0 Å². The second-order valence-corrected chi connectivity index (χ2v) is 4.15. The van der Waals surface area contributed by atoms with Crippen molar-refractivity contribution in [3.8, 4) is 5.69 Å². The fraction of sp³-hybridized carbons (Fsp3) is 0.250. The first kappa shape index (κ1) is 11.2. The van der Waals surface area contributed by atoms with Crippen LogP contribution in [0.1, 0.15) is 11.3 Å². The maximum atomic E-state index is 6.07. The summed E-state index contributed by atoms with van der Waals surface area (Å²) < 4.78 is 1.79. The van der Waals surface area contributed by atoms with Crippen LogP contribution in [0.15, 0.2) is 30.5 Å². The highest BCUT2D eigenvalue weighted by Crippen LogP contribution is 2.18. The van der Waals surface area contributed by atoms with Crippen molar-refractivity contribution in [2.75, 3.05) is 6.54 Å². The third kappa shape index (κ3) is 2.26. The second kappa shape index (κ2) is 4.68. The van der Waals surface area contributed by atoms with Gasteiger partial charge < -0.3 is 5.73 Å². The Morgan fingerprint density at radius 3 is 2.94 bits per heavy atom. The lowest BCUT2D eigenvalue weighted by molar-refractivity contribution is 0.821. The maximum absolute atomic E-state index is 6.07. The Balaban J connectivity index is 2.37. The summed E-state index contributed by atoms with van der Waals surface area (Å²) in [6, 6.07) is 8.12. The molecule has 0 bridgehead atoms. The Bertz CT molecular complexity index is 491. The van der Waals surface area contributed by atoms with Crippen LogP contribution in [0.25, 0.3) is 5.69 Å². The summed E-state index contributed by atoms with van der Waals surface area (Å²) in [6.45, 7) is 2.61. The fourth-order valence-corrected chi connectivity index (χ4v) is 1.82. The summed E-state index contributed by atoms with van der Waals surface area (Å²) in [5.74, 6) is 0. The molecular formula is C12H14ClN3. The van der Waals surface area contributed by atoms with Crippen LogP contribution in [-0.2, 0) is 6.42 Å². The maximum Gasteiger partial charge on any atom is 0.0827 e. The smallest absolute Gasteiger partial charge is 0.0827 e. The molecule has 4 heteroatoms. The lowest BCUT2D eigenvalue weighted by Gasteiger charge is -2.01. The van der Waals surface area contributed by atoms with Gasteiger partial charge in [-0.2, -0.15) is 5.10 Å². The van der Waals surface area contributed by atoms with Crippen LogP contribution in [0.2, 0.25) is 5.02 Å². The van der Waals surface area contributed by atoms with Crippen molar-refractivity contribution in [1.29, 1.82) is 0 Å². The molecule has 1 heterocycles. The van der Waals surface area contributed by atoms with E-state index in [1.54, 1.807) is 4.68 Å². The summed E-state index contributed by atoms with van der Waals surface area (Å²) in [6.07, 6.45) is 2.53. The molecule has 0 atom stereocenters. The first-order valence-corrected chi connectivity index (χ1v) is 5.59. The van der Waals surface area contributed by atoms with E-state index < -0.39 is 0 Å². The normalized spacial score (nSPS) is 10.7. The highest BCUT2D eigenvalue weighted by molar-refractivity contribution is 6.31. The average molecular weight is 236 g/mol. The quantitative estimate of drug-likeness (QED) is 0.888. The van der Waals surface area contributed by atoms with Crippen LogP contribution >= 0.6 is 11.6 Å². The molecule has 2 aromatic rings. The predicted octanol–water partition coefficient (Wildman–Crippen LogP) is 2.34. The monoisotopic (exact) mass is 235 g/mol. The molecule has 0 spiro atoms. The highest BCUT2D eigenvalue weighted by Gasteiger charge is 2.07. The van der Waals surface area contributed by atoms with Gasteiger partial charge in [-0.15, -0.1) is 0 Å². The zero-order valence-electron chi connectivity index (χ0n) is 9.15. The molecule has 1 aromatic carbocycles. The molecule has 0 aliphatic rings. The van der Waals surface area contributed by atoms with Crippen LogP contribution in [0.5, 0.6) is 0 Å². The van der Waals surface area contributed by atoms with Gasteiger partial charge in [0.2, 0.25) is 0 Å². The van der Waals surface area contributed by atoms with E-state index in [1.165, 1.54) is 5.56 Å². The topological polar surface area (TPSA) is 43.8 Å². The average Bonchev–Trinajstić information content (AvgIpc) is 2.61. The molecule has 2 N–H and O–H groups in total. The van der Waals surface area contributed by atoms with E-state index in [1.807, 2.05) is 18.3 Å². The number of halogens is 1. The van der Waals surface area contributed by atoms with E-state index in [4.69, 9.17) is 17.3 Å². The van der Waals surface area contributed by atoms with Gasteiger partial charge in [-0.05, 0) is 31.2 Å². The zero-order valence-corrected chi connectivity index (χ0v) is 9.91. The second-order valence-electron chi connectivity index (χ2n) is 3.75. The Labute approximate surface area is 99.8 Å². The number of nitrogens with zero attached hydrogens (tertiary/aromatic N) is 2. The van der Waals surface area contributed by atoms with Crippen molar-refractivity contribution in [3.05, 3.63) is 46.7 Å². The van der Waals surface area contributed by atoms with Gasteiger partial charge in [0.25, 0.3) is 0 Å². The number of hydrogen-bond acceptors (Lipinski definition) is 2. The molecule has 1 aromatic heterocycles. The summed E-state index contributed by atoms with van der Waals surface area (Å²) in [5.41, 5.74) is 8.56. The molecule has 0 saturated carbocycles. The summed E-state index contributed by atoms with van der Waals surface area (Å²) in [5, 5.41) is 5.09. The zero-order chi connectivity index (χ0) is 11.5. The fourth-order valence-electron chi connectivity index (χ4n) is 1.60. The molecule has 0 fully saturated rings.